The van der Waals surface area contributed by atoms with Crippen molar-refractivity contribution in [2.24, 2.45) is 0 Å². The number of ether oxygens (including phenoxy) is 2. The van der Waals surface area contributed by atoms with Gasteiger partial charge in [0, 0.05) is 23.1 Å². The van der Waals surface area contributed by atoms with Gasteiger partial charge in [0.2, 0.25) is 0 Å². The lowest BCUT2D eigenvalue weighted by atomic mass is 10.2. The number of carbonyl (C=O) groups is 2. The molecule has 0 aliphatic heterocycles. The van der Waals surface area contributed by atoms with Crippen molar-refractivity contribution in [3.8, 4) is 22.1 Å². The monoisotopic (exact) mass is 428 g/mol. The van der Waals surface area contributed by atoms with E-state index in [-0.39, 0.29) is 16.9 Å². The first-order valence-corrected chi connectivity index (χ1v) is 9.34. The summed E-state index contributed by atoms with van der Waals surface area (Å²) in [6.45, 7) is 0. The highest BCUT2D eigenvalue weighted by atomic mass is 32.1. The van der Waals surface area contributed by atoms with E-state index in [1.165, 1.54) is 49.1 Å². The second-order valence-electron chi connectivity index (χ2n) is 5.79. The Morgan fingerprint density at radius 3 is 2.50 bits per heavy atom. The quantitative estimate of drug-likeness (QED) is 0.456. The smallest absolute Gasteiger partial charge is 0.289 e. The molecular weight excluding hydrogens is 412 g/mol. The van der Waals surface area contributed by atoms with E-state index in [9.17, 15) is 19.7 Å². The van der Waals surface area contributed by atoms with Crippen molar-refractivity contribution < 1.29 is 24.0 Å². The van der Waals surface area contributed by atoms with Crippen molar-refractivity contribution in [1.29, 1.82) is 0 Å². The Hall–Kier alpha value is -3.99. The molecule has 0 spiro atoms. The van der Waals surface area contributed by atoms with Crippen LogP contribution in [0.25, 0.3) is 10.6 Å². The van der Waals surface area contributed by atoms with Crippen LogP contribution in [0.1, 0.15) is 20.8 Å². The predicted molar refractivity (Wildman–Crippen MR) is 109 cm³/mol. The molecule has 0 radical (unpaired) electrons. The van der Waals surface area contributed by atoms with Gasteiger partial charge in [-0.05, 0) is 18.2 Å². The van der Waals surface area contributed by atoms with Gasteiger partial charge in [-0.25, -0.2) is 4.98 Å². The molecule has 30 heavy (non-hydrogen) atoms. The molecule has 0 aliphatic carbocycles. The minimum Gasteiger partial charge on any atom is -0.493 e. The minimum absolute atomic E-state index is 0.0320. The van der Waals surface area contributed by atoms with Crippen molar-refractivity contribution >= 4 is 28.8 Å². The van der Waals surface area contributed by atoms with Crippen LogP contribution in [0.2, 0.25) is 0 Å². The average Bonchev–Trinajstić information content (AvgIpc) is 3.26. The molecule has 0 atom stereocenters. The molecule has 0 fully saturated rings. The summed E-state index contributed by atoms with van der Waals surface area (Å²) in [6.07, 6.45) is 0. The van der Waals surface area contributed by atoms with Crippen LogP contribution in [0.3, 0.4) is 0 Å². The van der Waals surface area contributed by atoms with Crippen molar-refractivity contribution in [2.75, 3.05) is 14.2 Å². The Balaban J connectivity index is 1.71. The van der Waals surface area contributed by atoms with E-state index in [1.807, 2.05) is 0 Å². The first kappa shape index (κ1) is 20.7. The predicted octanol–water partition coefficient (Wildman–Crippen LogP) is 2.81. The summed E-state index contributed by atoms with van der Waals surface area (Å²) in [4.78, 5) is 39.0. The highest BCUT2D eigenvalue weighted by molar-refractivity contribution is 7.13. The van der Waals surface area contributed by atoms with Crippen molar-refractivity contribution in [2.45, 2.75) is 0 Å². The molecule has 1 aromatic heterocycles. The molecular formula is C19H16N4O6S. The minimum atomic E-state index is -0.697. The number of rotatable bonds is 6. The summed E-state index contributed by atoms with van der Waals surface area (Å²) in [5, 5.41) is 12.9. The molecule has 1 heterocycles. The number of methoxy groups -OCH3 is 2. The van der Waals surface area contributed by atoms with Gasteiger partial charge in [-0.1, -0.05) is 12.1 Å². The van der Waals surface area contributed by atoms with Gasteiger partial charge in [-0.3, -0.25) is 30.6 Å². The third-order valence-electron chi connectivity index (χ3n) is 3.98. The largest absolute Gasteiger partial charge is 0.493 e. The first-order valence-electron chi connectivity index (χ1n) is 8.46. The van der Waals surface area contributed by atoms with Crippen molar-refractivity contribution in [1.82, 2.24) is 15.8 Å². The maximum Gasteiger partial charge on any atom is 0.289 e. The van der Waals surface area contributed by atoms with E-state index >= 15 is 0 Å². The highest BCUT2D eigenvalue weighted by Gasteiger charge is 2.18. The van der Waals surface area contributed by atoms with Gasteiger partial charge in [0.1, 0.15) is 10.7 Å². The number of amides is 2. The number of para-hydroxylation sites is 1. The zero-order chi connectivity index (χ0) is 21.7. The lowest BCUT2D eigenvalue weighted by molar-refractivity contribution is -0.384. The van der Waals surface area contributed by atoms with Crippen LogP contribution in [0.4, 0.5) is 5.69 Å². The first-order chi connectivity index (χ1) is 14.4. The summed E-state index contributed by atoms with van der Waals surface area (Å²) < 4.78 is 10.6. The molecule has 3 aromatic rings. The Labute approximate surface area is 174 Å². The molecule has 0 aliphatic rings. The molecule has 10 nitrogen and oxygen atoms in total. The second kappa shape index (κ2) is 9.01. The number of hydrazine groups is 1. The van der Waals surface area contributed by atoms with E-state index in [0.29, 0.717) is 22.1 Å². The van der Waals surface area contributed by atoms with Crippen molar-refractivity contribution in [3.63, 3.8) is 0 Å². The van der Waals surface area contributed by atoms with Gasteiger partial charge in [-0.2, -0.15) is 0 Å². The molecule has 154 valence electrons. The molecule has 3 rings (SSSR count). The molecule has 0 saturated carbocycles. The zero-order valence-corrected chi connectivity index (χ0v) is 16.7. The molecule has 0 saturated heterocycles. The second-order valence-corrected chi connectivity index (χ2v) is 6.65. The lowest BCUT2D eigenvalue weighted by Gasteiger charge is -2.10. The third kappa shape index (κ3) is 4.36. The molecule has 11 heteroatoms. The van der Waals surface area contributed by atoms with Gasteiger partial charge in [0.05, 0.1) is 24.7 Å². The Morgan fingerprint density at radius 2 is 1.80 bits per heavy atom. The topological polar surface area (TPSA) is 133 Å². The maximum atomic E-state index is 12.3. The fourth-order valence-corrected chi connectivity index (χ4v) is 3.39. The number of hydrogen-bond acceptors (Lipinski definition) is 8. The fraction of sp³-hybridized carbons (Fsp3) is 0.105. The van der Waals surface area contributed by atoms with Crippen molar-refractivity contribution in [3.05, 3.63) is 69.2 Å². The van der Waals surface area contributed by atoms with Gasteiger partial charge in [0.25, 0.3) is 17.5 Å². The summed E-state index contributed by atoms with van der Waals surface area (Å²) in [6, 6.07) is 10.4. The molecule has 2 N–H and O–H groups in total. The Morgan fingerprint density at radius 1 is 1.07 bits per heavy atom. The summed E-state index contributed by atoms with van der Waals surface area (Å²) in [7, 11) is 3.03. The summed E-state index contributed by atoms with van der Waals surface area (Å²) >= 11 is 1.22. The zero-order valence-electron chi connectivity index (χ0n) is 15.9. The Bertz CT molecular complexity index is 1110. The number of nitro benzene ring substituents is 1. The molecule has 2 amide bonds. The lowest BCUT2D eigenvalue weighted by Crippen LogP contribution is -2.41. The number of benzene rings is 2. The number of aromatic nitrogens is 1. The molecule has 0 unspecified atom stereocenters. The summed E-state index contributed by atoms with van der Waals surface area (Å²) in [5.41, 5.74) is 4.99. The standard InChI is InChI=1S/C19H16N4O6S/c1-28-15-8-4-7-13(16(15)29-2)19-20-14(10-30-19)18(25)22-21-17(24)11-5-3-6-12(9-11)23(26)27/h3-10H,1-2H3,(H,21,24)(H,22,25). The number of carbonyl (C=O) groups excluding carboxylic acids is 2. The van der Waals surface area contributed by atoms with E-state index in [1.54, 1.807) is 18.2 Å². The number of nitrogens with one attached hydrogen (secondary N) is 2. The van der Waals surface area contributed by atoms with Gasteiger partial charge in [-0.15, -0.1) is 11.3 Å². The van der Waals surface area contributed by atoms with Crippen LogP contribution in [0.15, 0.2) is 47.8 Å². The number of hydrogen-bond donors (Lipinski definition) is 2. The number of nitro groups is 1. The third-order valence-corrected chi connectivity index (χ3v) is 4.85. The van der Waals surface area contributed by atoms with Gasteiger partial charge < -0.3 is 9.47 Å². The van der Waals surface area contributed by atoms with Crippen LogP contribution in [-0.2, 0) is 0 Å². The van der Waals surface area contributed by atoms with Crippen LogP contribution in [-0.4, -0.2) is 35.9 Å². The van der Waals surface area contributed by atoms with Crippen LogP contribution >= 0.6 is 11.3 Å². The van der Waals surface area contributed by atoms with E-state index in [4.69, 9.17) is 9.47 Å². The van der Waals surface area contributed by atoms with Crippen LogP contribution in [0, 0.1) is 10.1 Å². The number of non-ortho nitro benzene ring substituents is 1. The van der Waals surface area contributed by atoms with Gasteiger partial charge in [0.15, 0.2) is 11.5 Å². The Kier molecular flexibility index (Phi) is 6.23. The van der Waals surface area contributed by atoms with E-state index < -0.39 is 16.7 Å². The van der Waals surface area contributed by atoms with Crippen LogP contribution < -0.4 is 20.3 Å². The molecule has 0 bridgehead atoms. The highest BCUT2D eigenvalue weighted by Crippen LogP contribution is 2.38. The van der Waals surface area contributed by atoms with E-state index in [2.05, 4.69) is 15.8 Å². The summed E-state index contributed by atoms with van der Waals surface area (Å²) in [5.74, 6) is -0.323. The number of thiazole rings is 1. The van der Waals surface area contributed by atoms with Crippen LogP contribution in [0.5, 0.6) is 11.5 Å². The number of nitrogens with zero attached hydrogens (tertiary/aromatic N) is 2. The van der Waals surface area contributed by atoms with Gasteiger partial charge >= 0.3 is 0 Å². The average molecular weight is 428 g/mol. The normalized spacial score (nSPS) is 10.2. The van der Waals surface area contributed by atoms with E-state index in [0.717, 1.165) is 6.07 Å². The SMILES string of the molecule is COc1cccc(-c2nc(C(=O)NNC(=O)c3cccc([N+](=O)[O-])c3)cs2)c1OC. The molecule has 2 aromatic carbocycles. The maximum absolute atomic E-state index is 12.3. The fourth-order valence-electron chi connectivity index (χ4n) is 2.57.